The summed E-state index contributed by atoms with van der Waals surface area (Å²) >= 11 is 0. The molecule has 0 bridgehead atoms. The molecule has 0 aliphatic carbocycles. The molecule has 1 aliphatic heterocycles. The van der Waals surface area contributed by atoms with E-state index < -0.39 is 0 Å². The summed E-state index contributed by atoms with van der Waals surface area (Å²) in [4.78, 5) is 2.06. The molecule has 2 rings (SSSR count). The summed E-state index contributed by atoms with van der Waals surface area (Å²) in [5.41, 5.74) is 7.82. The van der Waals surface area contributed by atoms with Gasteiger partial charge in [-0.2, -0.15) is 5.26 Å². The number of nitrogens with zero attached hydrogens (tertiary/aromatic N) is 2. The van der Waals surface area contributed by atoms with Gasteiger partial charge >= 0.3 is 0 Å². The zero-order valence-corrected chi connectivity index (χ0v) is 10.0. The number of nitrogens with two attached hydrogens (primary N) is 1. The highest BCUT2D eigenvalue weighted by atomic mass is 16.5. The first-order chi connectivity index (χ1) is 8.20. The van der Waals surface area contributed by atoms with E-state index in [9.17, 15) is 0 Å². The van der Waals surface area contributed by atoms with Gasteiger partial charge in [0.15, 0.2) is 0 Å². The van der Waals surface area contributed by atoms with E-state index in [1.165, 1.54) is 0 Å². The van der Waals surface area contributed by atoms with Crippen molar-refractivity contribution >= 4 is 11.4 Å². The van der Waals surface area contributed by atoms with Crippen molar-refractivity contribution in [3.8, 4) is 6.07 Å². The van der Waals surface area contributed by atoms with E-state index in [1.54, 1.807) is 6.07 Å². The number of ether oxygens (including phenoxy) is 1. The molecule has 1 fully saturated rings. The van der Waals surface area contributed by atoms with E-state index in [0.717, 1.165) is 31.7 Å². The van der Waals surface area contributed by atoms with Crippen LogP contribution in [0.15, 0.2) is 18.2 Å². The molecule has 4 nitrogen and oxygen atoms in total. The van der Waals surface area contributed by atoms with Crippen molar-refractivity contribution in [2.24, 2.45) is 0 Å². The average Bonchev–Trinajstić information content (AvgIpc) is 2.81. The minimum Gasteiger partial charge on any atom is -0.399 e. The van der Waals surface area contributed by atoms with Crippen LogP contribution in [-0.4, -0.2) is 26.3 Å². The quantitative estimate of drug-likeness (QED) is 0.805. The molecule has 0 radical (unpaired) electrons. The van der Waals surface area contributed by atoms with Crippen molar-refractivity contribution in [3.05, 3.63) is 23.8 Å². The van der Waals surface area contributed by atoms with Crippen LogP contribution in [0.3, 0.4) is 0 Å². The number of benzene rings is 1. The second kappa shape index (κ2) is 5.07. The molecular weight excluding hydrogens is 214 g/mol. The number of likely N-dealkylation sites (N-methyl/N-ethyl adjacent to an activating group) is 1. The first-order valence-electron chi connectivity index (χ1n) is 5.83. The Morgan fingerprint density at radius 1 is 1.59 bits per heavy atom. The fraction of sp³-hybridized carbons (Fsp3) is 0.462. The maximum atomic E-state index is 9.09. The number of anilines is 2. The number of rotatable bonds is 3. The summed E-state index contributed by atoms with van der Waals surface area (Å²) in [7, 11) is 1.98. The molecule has 0 aromatic heterocycles. The highest BCUT2D eigenvalue weighted by Gasteiger charge is 2.18. The van der Waals surface area contributed by atoms with Gasteiger partial charge in [0, 0.05) is 25.9 Å². The summed E-state index contributed by atoms with van der Waals surface area (Å²) in [5, 5.41) is 9.09. The van der Waals surface area contributed by atoms with Gasteiger partial charge in [-0.3, -0.25) is 0 Å². The number of nitriles is 1. The SMILES string of the molecule is CN(CC1CCCO1)c1ccc(N)cc1C#N. The van der Waals surface area contributed by atoms with Gasteiger partial charge in [0.25, 0.3) is 0 Å². The molecule has 17 heavy (non-hydrogen) atoms. The van der Waals surface area contributed by atoms with Crippen molar-refractivity contribution in [2.45, 2.75) is 18.9 Å². The molecule has 1 atom stereocenters. The molecule has 0 amide bonds. The van der Waals surface area contributed by atoms with Crippen LogP contribution in [0.2, 0.25) is 0 Å². The number of hydrogen-bond donors (Lipinski definition) is 1. The van der Waals surface area contributed by atoms with Gasteiger partial charge in [-0.25, -0.2) is 0 Å². The average molecular weight is 231 g/mol. The molecule has 1 heterocycles. The van der Waals surface area contributed by atoms with E-state index >= 15 is 0 Å². The van der Waals surface area contributed by atoms with E-state index in [4.69, 9.17) is 15.7 Å². The maximum absolute atomic E-state index is 9.09. The van der Waals surface area contributed by atoms with Crippen molar-refractivity contribution < 1.29 is 4.74 Å². The van der Waals surface area contributed by atoms with Gasteiger partial charge in [0.2, 0.25) is 0 Å². The third-order valence-corrected chi connectivity index (χ3v) is 3.05. The number of hydrogen-bond acceptors (Lipinski definition) is 4. The first-order valence-corrected chi connectivity index (χ1v) is 5.83. The Morgan fingerprint density at radius 3 is 3.06 bits per heavy atom. The Hall–Kier alpha value is -1.73. The van der Waals surface area contributed by atoms with Crippen LogP contribution in [0.4, 0.5) is 11.4 Å². The Morgan fingerprint density at radius 2 is 2.41 bits per heavy atom. The molecule has 1 aromatic carbocycles. The molecule has 1 unspecified atom stereocenters. The van der Waals surface area contributed by atoms with Crippen LogP contribution in [0.5, 0.6) is 0 Å². The van der Waals surface area contributed by atoms with Gasteiger partial charge in [0.1, 0.15) is 6.07 Å². The fourth-order valence-electron chi connectivity index (χ4n) is 2.17. The minimum absolute atomic E-state index is 0.282. The number of nitrogen functional groups attached to an aromatic ring is 1. The molecule has 1 saturated heterocycles. The minimum atomic E-state index is 0.282. The summed E-state index contributed by atoms with van der Waals surface area (Å²) in [6, 6.07) is 7.60. The second-order valence-corrected chi connectivity index (χ2v) is 4.40. The Labute approximate surface area is 102 Å². The van der Waals surface area contributed by atoms with Crippen LogP contribution < -0.4 is 10.6 Å². The lowest BCUT2D eigenvalue weighted by Gasteiger charge is -2.23. The topological polar surface area (TPSA) is 62.3 Å². The van der Waals surface area contributed by atoms with Gasteiger partial charge < -0.3 is 15.4 Å². The predicted octanol–water partition coefficient (Wildman–Crippen LogP) is 1.76. The lowest BCUT2D eigenvalue weighted by molar-refractivity contribution is 0.116. The van der Waals surface area contributed by atoms with E-state index in [0.29, 0.717) is 11.3 Å². The molecule has 90 valence electrons. The van der Waals surface area contributed by atoms with Gasteiger partial charge in [0.05, 0.1) is 17.4 Å². The third kappa shape index (κ3) is 2.69. The standard InChI is InChI=1S/C13H17N3O/c1-16(9-12-3-2-6-17-12)13-5-4-11(15)7-10(13)8-14/h4-5,7,12H,2-3,6,9,15H2,1H3. The summed E-state index contributed by atoms with van der Waals surface area (Å²) < 4.78 is 5.59. The molecule has 0 saturated carbocycles. The van der Waals surface area contributed by atoms with E-state index in [-0.39, 0.29) is 6.10 Å². The van der Waals surface area contributed by atoms with Gasteiger partial charge in [-0.1, -0.05) is 0 Å². The first kappa shape index (κ1) is 11.7. The smallest absolute Gasteiger partial charge is 0.101 e. The predicted molar refractivity (Wildman–Crippen MR) is 67.8 cm³/mol. The van der Waals surface area contributed by atoms with Crippen LogP contribution in [0.1, 0.15) is 18.4 Å². The van der Waals surface area contributed by atoms with Crippen LogP contribution >= 0.6 is 0 Å². The van der Waals surface area contributed by atoms with E-state index in [2.05, 4.69) is 11.0 Å². The maximum Gasteiger partial charge on any atom is 0.101 e. The Bertz CT molecular complexity index is 433. The zero-order valence-electron chi connectivity index (χ0n) is 10.0. The molecule has 1 aromatic rings. The van der Waals surface area contributed by atoms with Crippen LogP contribution in [0.25, 0.3) is 0 Å². The highest BCUT2D eigenvalue weighted by molar-refractivity contribution is 5.64. The summed E-state index contributed by atoms with van der Waals surface area (Å²) in [6.07, 6.45) is 2.51. The Kier molecular flexibility index (Phi) is 3.50. The molecule has 2 N–H and O–H groups in total. The lowest BCUT2D eigenvalue weighted by Crippen LogP contribution is -2.29. The van der Waals surface area contributed by atoms with E-state index in [1.807, 2.05) is 19.2 Å². The highest BCUT2D eigenvalue weighted by Crippen LogP contribution is 2.23. The molecule has 1 aliphatic rings. The second-order valence-electron chi connectivity index (χ2n) is 4.40. The van der Waals surface area contributed by atoms with Crippen molar-refractivity contribution in [3.63, 3.8) is 0 Å². The van der Waals surface area contributed by atoms with Crippen molar-refractivity contribution in [1.82, 2.24) is 0 Å². The zero-order chi connectivity index (χ0) is 12.3. The lowest BCUT2D eigenvalue weighted by atomic mass is 10.1. The monoisotopic (exact) mass is 231 g/mol. The fourth-order valence-corrected chi connectivity index (χ4v) is 2.17. The van der Waals surface area contributed by atoms with Crippen molar-refractivity contribution in [1.29, 1.82) is 5.26 Å². The third-order valence-electron chi connectivity index (χ3n) is 3.05. The van der Waals surface area contributed by atoms with Gasteiger partial charge in [-0.15, -0.1) is 0 Å². The normalized spacial score (nSPS) is 18.9. The molecular formula is C13H17N3O. The summed E-state index contributed by atoms with van der Waals surface area (Å²) in [6.45, 7) is 1.67. The largest absolute Gasteiger partial charge is 0.399 e. The van der Waals surface area contributed by atoms with Crippen LogP contribution in [0, 0.1) is 11.3 Å². The van der Waals surface area contributed by atoms with Crippen LogP contribution in [-0.2, 0) is 4.74 Å². The summed E-state index contributed by atoms with van der Waals surface area (Å²) in [5.74, 6) is 0. The molecule has 4 heteroatoms. The van der Waals surface area contributed by atoms with Gasteiger partial charge in [-0.05, 0) is 31.0 Å². The van der Waals surface area contributed by atoms with Crippen molar-refractivity contribution in [2.75, 3.05) is 30.8 Å². The molecule has 0 spiro atoms. The Balaban J connectivity index is 2.12.